The maximum Gasteiger partial charge on any atom is 0.184 e. The molecule has 0 fully saturated rings. The molecule has 0 N–H and O–H groups in total. The second kappa shape index (κ2) is 4.32. The van der Waals surface area contributed by atoms with Crippen LogP contribution in [-0.4, -0.2) is 14.7 Å². The molecule has 3 nitrogen and oxygen atoms in total. The third-order valence-corrected chi connectivity index (χ3v) is 5.18. The SMILES string of the molecule is CS(=O)(=O)c1ccc(-c2cccc(C#N)c2)s1. The summed E-state index contributed by atoms with van der Waals surface area (Å²) in [5.41, 5.74) is 1.43. The van der Waals surface area contributed by atoms with Gasteiger partial charge in [-0.15, -0.1) is 11.3 Å². The maximum atomic E-state index is 11.4. The van der Waals surface area contributed by atoms with Crippen LogP contribution in [0.5, 0.6) is 0 Å². The van der Waals surface area contributed by atoms with Crippen LogP contribution < -0.4 is 0 Å². The lowest BCUT2D eigenvalue weighted by atomic mass is 10.1. The van der Waals surface area contributed by atoms with Gasteiger partial charge in [-0.1, -0.05) is 12.1 Å². The molecule has 1 aromatic carbocycles. The van der Waals surface area contributed by atoms with Gasteiger partial charge in [0.1, 0.15) is 4.21 Å². The zero-order valence-corrected chi connectivity index (χ0v) is 10.7. The summed E-state index contributed by atoms with van der Waals surface area (Å²) in [7, 11) is -3.15. The molecule has 17 heavy (non-hydrogen) atoms. The minimum absolute atomic E-state index is 0.342. The van der Waals surface area contributed by atoms with Crippen LogP contribution in [0.3, 0.4) is 0 Å². The second-order valence-electron chi connectivity index (χ2n) is 3.58. The highest BCUT2D eigenvalue weighted by molar-refractivity contribution is 7.92. The highest BCUT2D eigenvalue weighted by Gasteiger charge is 2.11. The molecular weight excluding hydrogens is 254 g/mol. The van der Waals surface area contributed by atoms with Gasteiger partial charge in [0.05, 0.1) is 11.6 Å². The van der Waals surface area contributed by atoms with E-state index >= 15 is 0 Å². The van der Waals surface area contributed by atoms with Crippen LogP contribution in [0.15, 0.2) is 40.6 Å². The molecule has 86 valence electrons. The maximum absolute atomic E-state index is 11.4. The molecular formula is C12H9NO2S2. The van der Waals surface area contributed by atoms with Crippen LogP contribution in [0.25, 0.3) is 10.4 Å². The second-order valence-corrected chi connectivity index (χ2v) is 6.91. The lowest BCUT2D eigenvalue weighted by Crippen LogP contribution is -1.91. The monoisotopic (exact) mass is 263 g/mol. The molecule has 0 aliphatic heterocycles. The van der Waals surface area contributed by atoms with Gasteiger partial charge in [-0.25, -0.2) is 8.42 Å². The predicted octanol–water partition coefficient (Wildman–Crippen LogP) is 2.69. The number of rotatable bonds is 2. The van der Waals surface area contributed by atoms with Gasteiger partial charge in [-0.2, -0.15) is 5.26 Å². The van der Waals surface area contributed by atoms with Gasteiger partial charge in [0, 0.05) is 11.1 Å². The van der Waals surface area contributed by atoms with Crippen LogP contribution >= 0.6 is 11.3 Å². The molecule has 0 amide bonds. The summed E-state index contributed by atoms with van der Waals surface area (Å²) < 4.78 is 23.1. The topological polar surface area (TPSA) is 57.9 Å². The molecule has 0 radical (unpaired) electrons. The van der Waals surface area contributed by atoms with Crippen molar-refractivity contribution in [2.75, 3.05) is 6.26 Å². The number of nitriles is 1. The number of nitrogens with zero attached hydrogens (tertiary/aromatic N) is 1. The summed E-state index contributed by atoms with van der Waals surface area (Å²) in [5, 5.41) is 8.80. The normalized spacial score (nSPS) is 11.1. The average Bonchev–Trinajstić information content (AvgIpc) is 2.78. The zero-order valence-electron chi connectivity index (χ0n) is 9.04. The minimum atomic E-state index is -3.15. The van der Waals surface area contributed by atoms with Gasteiger partial charge in [-0.05, 0) is 29.8 Å². The summed E-state index contributed by atoms with van der Waals surface area (Å²) in [6, 6.07) is 12.5. The third kappa shape index (κ3) is 2.54. The van der Waals surface area contributed by atoms with Crippen molar-refractivity contribution in [2.45, 2.75) is 4.21 Å². The molecule has 0 saturated carbocycles. The van der Waals surface area contributed by atoms with Gasteiger partial charge >= 0.3 is 0 Å². The number of hydrogen-bond acceptors (Lipinski definition) is 4. The van der Waals surface area contributed by atoms with Crippen LogP contribution in [0.1, 0.15) is 5.56 Å². The van der Waals surface area contributed by atoms with E-state index in [1.54, 1.807) is 30.3 Å². The first-order valence-electron chi connectivity index (χ1n) is 4.81. The smallest absolute Gasteiger partial charge is 0.184 e. The van der Waals surface area contributed by atoms with Crippen LogP contribution in [0, 0.1) is 11.3 Å². The van der Waals surface area contributed by atoms with E-state index in [4.69, 9.17) is 5.26 Å². The van der Waals surface area contributed by atoms with Crippen molar-refractivity contribution in [3.05, 3.63) is 42.0 Å². The summed E-state index contributed by atoms with van der Waals surface area (Å²) >= 11 is 1.21. The van der Waals surface area contributed by atoms with E-state index in [1.165, 1.54) is 17.6 Å². The van der Waals surface area contributed by atoms with Crippen LogP contribution in [0.4, 0.5) is 0 Å². The molecule has 0 aliphatic rings. The van der Waals surface area contributed by atoms with E-state index in [1.807, 2.05) is 6.07 Å². The molecule has 0 bridgehead atoms. The fraction of sp³-hybridized carbons (Fsp3) is 0.0833. The van der Waals surface area contributed by atoms with Crippen molar-refractivity contribution in [3.8, 4) is 16.5 Å². The van der Waals surface area contributed by atoms with E-state index < -0.39 is 9.84 Å². The Morgan fingerprint density at radius 3 is 2.59 bits per heavy atom. The Bertz CT molecular complexity index is 693. The first-order chi connectivity index (χ1) is 8.00. The van der Waals surface area contributed by atoms with Crippen molar-refractivity contribution in [1.29, 1.82) is 5.26 Å². The quantitative estimate of drug-likeness (QED) is 0.837. The minimum Gasteiger partial charge on any atom is -0.223 e. The zero-order chi connectivity index (χ0) is 12.5. The Labute approximate surface area is 104 Å². The summed E-state index contributed by atoms with van der Waals surface area (Å²) in [6.45, 7) is 0. The Balaban J connectivity index is 2.48. The third-order valence-electron chi connectivity index (χ3n) is 2.22. The van der Waals surface area contributed by atoms with Crippen molar-refractivity contribution < 1.29 is 8.42 Å². The predicted molar refractivity (Wildman–Crippen MR) is 67.6 cm³/mol. The fourth-order valence-corrected chi connectivity index (χ4v) is 3.34. The Morgan fingerprint density at radius 2 is 2.00 bits per heavy atom. The van der Waals surface area contributed by atoms with Gasteiger partial charge in [-0.3, -0.25) is 0 Å². The molecule has 1 heterocycles. The number of thiophene rings is 1. The molecule has 0 saturated heterocycles. The van der Waals surface area contributed by atoms with Gasteiger partial charge in [0.2, 0.25) is 0 Å². The van der Waals surface area contributed by atoms with Crippen molar-refractivity contribution >= 4 is 21.2 Å². The molecule has 2 rings (SSSR count). The summed E-state index contributed by atoms with van der Waals surface area (Å²) in [4.78, 5) is 0.850. The van der Waals surface area contributed by atoms with Crippen molar-refractivity contribution in [2.24, 2.45) is 0 Å². The summed E-state index contributed by atoms with van der Waals surface area (Å²) in [6.07, 6.45) is 1.19. The molecule has 2 aromatic rings. The first-order valence-corrected chi connectivity index (χ1v) is 7.52. The van der Waals surface area contributed by atoms with E-state index in [2.05, 4.69) is 6.07 Å². The molecule has 0 aliphatic carbocycles. The van der Waals surface area contributed by atoms with E-state index in [9.17, 15) is 8.42 Å². The number of benzene rings is 1. The highest BCUT2D eigenvalue weighted by Crippen LogP contribution is 2.30. The number of hydrogen-bond donors (Lipinski definition) is 0. The van der Waals surface area contributed by atoms with Crippen molar-refractivity contribution in [3.63, 3.8) is 0 Å². The average molecular weight is 263 g/mol. The van der Waals surface area contributed by atoms with Crippen LogP contribution in [0.2, 0.25) is 0 Å². The summed E-state index contributed by atoms with van der Waals surface area (Å²) in [5.74, 6) is 0. The van der Waals surface area contributed by atoms with Gasteiger partial charge in [0.15, 0.2) is 9.84 Å². The number of sulfone groups is 1. The lowest BCUT2D eigenvalue weighted by Gasteiger charge is -1.97. The lowest BCUT2D eigenvalue weighted by molar-refractivity contribution is 0.604. The molecule has 1 aromatic heterocycles. The van der Waals surface area contributed by atoms with E-state index in [-0.39, 0.29) is 0 Å². The highest BCUT2D eigenvalue weighted by atomic mass is 32.2. The fourth-order valence-electron chi connectivity index (χ4n) is 1.42. The largest absolute Gasteiger partial charge is 0.223 e. The Hall–Kier alpha value is -1.64. The van der Waals surface area contributed by atoms with Gasteiger partial charge in [0.25, 0.3) is 0 Å². The molecule has 0 spiro atoms. The molecule has 5 heteroatoms. The Kier molecular flexibility index (Phi) is 3.01. The standard InChI is InChI=1S/C12H9NO2S2/c1-17(14,15)12-6-5-11(16-12)10-4-2-3-9(7-10)8-13/h2-7H,1H3. The first kappa shape index (κ1) is 11.8. The Morgan fingerprint density at radius 1 is 1.24 bits per heavy atom. The van der Waals surface area contributed by atoms with Crippen molar-refractivity contribution in [1.82, 2.24) is 0 Å². The van der Waals surface area contributed by atoms with E-state index in [0.29, 0.717) is 9.77 Å². The molecule has 0 unspecified atom stereocenters. The molecule has 0 atom stereocenters. The van der Waals surface area contributed by atoms with Gasteiger partial charge < -0.3 is 0 Å². The van der Waals surface area contributed by atoms with Crippen LogP contribution in [-0.2, 0) is 9.84 Å². The van der Waals surface area contributed by atoms with E-state index in [0.717, 1.165) is 10.4 Å².